The van der Waals surface area contributed by atoms with E-state index >= 15 is 0 Å². The smallest absolute Gasteiger partial charge is 0.339 e. The number of amides is 2. The summed E-state index contributed by atoms with van der Waals surface area (Å²) < 4.78 is 36.4. The number of carbonyl (C=O) groups is 2. The van der Waals surface area contributed by atoms with E-state index in [0.29, 0.717) is 29.3 Å². The normalized spacial score (nSPS) is 20.1. The first-order valence-corrected chi connectivity index (χ1v) is 15.0. The number of para-hydroxylation sites is 1. The number of nitrogens with zero attached hydrogens (tertiary/aromatic N) is 2. The first-order chi connectivity index (χ1) is 20.4. The van der Waals surface area contributed by atoms with E-state index in [0.717, 1.165) is 11.3 Å². The molecular weight excluding hydrogens is 556 g/mol. The van der Waals surface area contributed by atoms with Gasteiger partial charge in [0, 0.05) is 0 Å². The molecule has 42 heavy (non-hydrogen) atoms. The molecule has 10 heteroatoms. The van der Waals surface area contributed by atoms with Gasteiger partial charge in [0.25, 0.3) is 5.91 Å². The predicted octanol–water partition coefficient (Wildman–Crippen LogP) is 5.29. The average Bonchev–Trinajstić information content (AvgIpc) is 3.53. The van der Waals surface area contributed by atoms with Gasteiger partial charge in [-0.05, 0) is 72.6 Å². The molecule has 4 aromatic rings. The maximum Gasteiger partial charge on any atom is 0.339 e. The number of hydroxylamine groups is 1. The van der Waals surface area contributed by atoms with Crippen molar-refractivity contribution >= 4 is 33.3 Å². The van der Waals surface area contributed by atoms with E-state index in [2.05, 4.69) is 0 Å². The number of fused-ring (bicyclic) bond motifs is 1. The van der Waals surface area contributed by atoms with E-state index in [4.69, 9.17) is 13.8 Å². The summed E-state index contributed by atoms with van der Waals surface area (Å²) >= 11 is 0. The molecule has 214 valence electrons. The lowest BCUT2D eigenvalue weighted by molar-refractivity contribution is -0.126. The van der Waals surface area contributed by atoms with Crippen molar-refractivity contribution in [1.29, 1.82) is 0 Å². The number of hydrogen-bond acceptors (Lipinski definition) is 8. The van der Waals surface area contributed by atoms with Crippen molar-refractivity contribution in [3.63, 3.8) is 0 Å². The highest BCUT2D eigenvalue weighted by Crippen LogP contribution is 2.47. The molecule has 2 amide bonds. The minimum Gasteiger partial charge on any atom is -0.494 e. The molecule has 2 aliphatic heterocycles. The molecule has 2 fully saturated rings. The molecule has 0 bridgehead atoms. The van der Waals surface area contributed by atoms with Gasteiger partial charge in [-0.2, -0.15) is 8.42 Å². The van der Waals surface area contributed by atoms with Crippen LogP contribution in [0.1, 0.15) is 24.9 Å². The minimum absolute atomic E-state index is 0.0384. The number of rotatable bonds is 9. The molecule has 0 N–H and O–H groups in total. The summed E-state index contributed by atoms with van der Waals surface area (Å²) in [5, 5.41) is 1.58. The van der Waals surface area contributed by atoms with Gasteiger partial charge in [-0.3, -0.25) is 14.4 Å². The fourth-order valence-corrected chi connectivity index (χ4v) is 6.15. The SMILES string of the molecule is CCCOc1ccc(N2C(=O)[C@@H]3[C@H](ON(c4ccccc4)[C@@H]3c3ccc(OS(=O)(=O)c4ccccc4)cc3)C2=O)cc1. The minimum atomic E-state index is -4.03. The van der Waals surface area contributed by atoms with Gasteiger partial charge in [-0.15, -0.1) is 0 Å². The molecule has 0 saturated carbocycles. The Morgan fingerprint density at radius 3 is 2.00 bits per heavy atom. The van der Waals surface area contributed by atoms with Crippen LogP contribution in [0.4, 0.5) is 11.4 Å². The Hall–Kier alpha value is -4.67. The van der Waals surface area contributed by atoms with Crippen molar-refractivity contribution in [2.45, 2.75) is 30.4 Å². The van der Waals surface area contributed by atoms with Gasteiger partial charge in [0.1, 0.15) is 22.3 Å². The van der Waals surface area contributed by atoms with Crippen molar-refractivity contribution < 1.29 is 31.8 Å². The average molecular weight is 585 g/mol. The maximum absolute atomic E-state index is 13.9. The van der Waals surface area contributed by atoms with Crippen LogP contribution in [0.2, 0.25) is 0 Å². The quantitative estimate of drug-likeness (QED) is 0.193. The number of ether oxygens (including phenoxy) is 1. The molecule has 2 aliphatic rings. The molecule has 0 unspecified atom stereocenters. The van der Waals surface area contributed by atoms with Crippen LogP contribution in [-0.4, -0.2) is 32.9 Å². The molecule has 4 aromatic carbocycles. The first kappa shape index (κ1) is 27.5. The summed E-state index contributed by atoms with van der Waals surface area (Å²) in [6.07, 6.45) is -0.172. The molecule has 9 nitrogen and oxygen atoms in total. The highest BCUT2D eigenvalue weighted by atomic mass is 32.2. The number of benzene rings is 4. The van der Waals surface area contributed by atoms with Gasteiger partial charge in [0.2, 0.25) is 5.91 Å². The third-order valence-electron chi connectivity index (χ3n) is 7.15. The first-order valence-electron chi connectivity index (χ1n) is 13.6. The highest BCUT2D eigenvalue weighted by Gasteiger charge is 2.60. The number of imide groups is 1. The summed E-state index contributed by atoms with van der Waals surface area (Å²) in [5.74, 6) is -0.910. The Kier molecular flexibility index (Phi) is 7.40. The lowest BCUT2D eigenvalue weighted by Crippen LogP contribution is -2.37. The van der Waals surface area contributed by atoms with Crippen LogP contribution in [0.5, 0.6) is 11.5 Å². The Morgan fingerprint density at radius 1 is 0.738 bits per heavy atom. The zero-order valence-corrected chi connectivity index (χ0v) is 23.5. The number of anilines is 2. The predicted molar refractivity (Wildman–Crippen MR) is 155 cm³/mol. The molecule has 0 radical (unpaired) electrons. The standard InChI is InChI=1S/C32H28N2O7S/c1-2-21-39-25-19-15-23(16-20-25)33-31(35)28-29(34(40-30(28)32(33)36)24-9-5-3-6-10-24)22-13-17-26(18-14-22)41-42(37,38)27-11-7-4-8-12-27/h3-20,28-30H,2,21H2,1H3/t28-,29+,30-/m0/s1. The largest absolute Gasteiger partial charge is 0.494 e. The van der Waals surface area contributed by atoms with Crippen LogP contribution in [0, 0.1) is 5.92 Å². The monoisotopic (exact) mass is 584 g/mol. The molecule has 0 spiro atoms. The van der Waals surface area contributed by atoms with E-state index in [-0.39, 0.29) is 16.6 Å². The van der Waals surface area contributed by atoms with Gasteiger partial charge in [-0.1, -0.05) is 55.5 Å². The van der Waals surface area contributed by atoms with E-state index in [1.165, 1.54) is 24.3 Å². The van der Waals surface area contributed by atoms with E-state index < -0.39 is 34.1 Å². The van der Waals surface area contributed by atoms with Gasteiger partial charge in [-0.25, -0.2) is 9.96 Å². The van der Waals surface area contributed by atoms with Crippen LogP contribution in [0.15, 0.2) is 114 Å². The second-order valence-corrected chi connectivity index (χ2v) is 11.5. The van der Waals surface area contributed by atoms with Crippen LogP contribution in [0.25, 0.3) is 0 Å². The zero-order valence-electron chi connectivity index (χ0n) is 22.7. The van der Waals surface area contributed by atoms with E-state index in [1.54, 1.807) is 59.7 Å². The highest BCUT2D eigenvalue weighted by molar-refractivity contribution is 7.87. The Morgan fingerprint density at radius 2 is 1.36 bits per heavy atom. The Labute approximate surface area is 243 Å². The van der Waals surface area contributed by atoms with E-state index in [1.807, 2.05) is 37.3 Å². The van der Waals surface area contributed by atoms with Crippen LogP contribution in [-0.2, 0) is 24.5 Å². The lowest BCUT2D eigenvalue weighted by atomic mass is 9.90. The Bertz CT molecular complexity index is 1680. The Balaban J connectivity index is 1.30. The molecule has 3 atom stereocenters. The maximum atomic E-state index is 13.9. The van der Waals surface area contributed by atoms with E-state index in [9.17, 15) is 18.0 Å². The second kappa shape index (κ2) is 11.3. The summed E-state index contributed by atoms with van der Waals surface area (Å²) in [7, 11) is -4.03. The number of hydrogen-bond donors (Lipinski definition) is 0. The summed E-state index contributed by atoms with van der Waals surface area (Å²) in [6.45, 7) is 2.58. The molecule has 0 aromatic heterocycles. The summed E-state index contributed by atoms with van der Waals surface area (Å²) in [4.78, 5) is 34.9. The molecule has 2 heterocycles. The second-order valence-electron chi connectivity index (χ2n) is 9.93. The lowest BCUT2D eigenvalue weighted by Gasteiger charge is -2.28. The van der Waals surface area contributed by atoms with Crippen molar-refractivity contribution in [2.24, 2.45) is 5.92 Å². The summed E-state index contributed by atoms with van der Waals surface area (Å²) in [5.41, 5.74) is 1.77. The van der Waals surface area contributed by atoms with Crippen molar-refractivity contribution in [3.05, 3.63) is 115 Å². The third-order valence-corrected chi connectivity index (χ3v) is 8.41. The molecular formula is C32H28N2O7S. The van der Waals surface area contributed by atoms with Crippen molar-refractivity contribution in [2.75, 3.05) is 16.6 Å². The third kappa shape index (κ3) is 5.10. The van der Waals surface area contributed by atoms with Crippen LogP contribution >= 0.6 is 0 Å². The molecule has 2 saturated heterocycles. The van der Waals surface area contributed by atoms with Gasteiger partial charge < -0.3 is 8.92 Å². The summed E-state index contributed by atoms with van der Waals surface area (Å²) in [6, 6.07) is 29.7. The van der Waals surface area contributed by atoms with Crippen LogP contribution < -0.4 is 18.9 Å². The van der Waals surface area contributed by atoms with Crippen molar-refractivity contribution in [1.82, 2.24) is 0 Å². The topological polar surface area (TPSA) is 102 Å². The molecule has 6 rings (SSSR count). The van der Waals surface area contributed by atoms with Crippen molar-refractivity contribution in [3.8, 4) is 11.5 Å². The fourth-order valence-electron chi connectivity index (χ4n) is 5.20. The van der Waals surface area contributed by atoms with Gasteiger partial charge >= 0.3 is 10.1 Å². The fraction of sp³-hybridized carbons (Fsp3) is 0.188. The van der Waals surface area contributed by atoms with Gasteiger partial charge in [0.15, 0.2) is 6.10 Å². The zero-order chi connectivity index (χ0) is 29.3. The number of carbonyl (C=O) groups excluding carboxylic acids is 2. The van der Waals surface area contributed by atoms with Gasteiger partial charge in [0.05, 0.1) is 24.0 Å². The van der Waals surface area contributed by atoms with Crippen LogP contribution in [0.3, 0.4) is 0 Å². The molecule has 0 aliphatic carbocycles.